The summed E-state index contributed by atoms with van der Waals surface area (Å²) in [7, 11) is 1.54. The van der Waals surface area contributed by atoms with Crippen molar-refractivity contribution in [2.75, 3.05) is 25.1 Å². The van der Waals surface area contributed by atoms with Gasteiger partial charge in [-0.2, -0.15) is 0 Å². The number of halogens is 1. The smallest absolute Gasteiger partial charge is 0.224 e. The van der Waals surface area contributed by atoms with Crippen molar-refractivity contribution in [3.05, 3.63) is 59.9 Å². The third-order valence-electron chi connectivity index (χ3n) is 3.72. The van der Waals surface area contributed by atoms with Crippen molar-refractivity contribution in [3.63, 3.8) is 0 Å². The molecular formula is C19H21FN2O3. The molecule has 5 nitrogen and oxygen atoms in total. The third kappa shape index (κ3) is 5.04. The summed E-state index contributed by atoms with van der Waals surface area (Å²) in [5.41, 5.74) is 0.981. The molecule has 0 bridgehead atoms. The summed E-state index contributed by atoms with van der Waals surface area (Å²) in [4.78, 5) is 25.4. The van der Waals surface area contributed by atoms with Gasteiger partial charge >= 0.3 is 0 Å². The van der Waals surface area contributed by atoms with Crippen LogP contribution in [0.4, 0.5) is 10.1 Å². The maximum Gasteiger partial charge on any atom is 0.224 e. The van der Waals surface area contributed by atoms with Crippen LogP contribution in [-0.4, -0.2) is 32.0 Å². The van der Waals surface area contributed by atoms with E-state index in [2.05, 4.69) is 5.32 Å². The van der Waals surface area contributed by atoms with Crippen molar-refractivity contribution < 1.29 is 18.7 Å². The van der Waals surface area contributed by atoms with E-state index in [4.69, 9.17) is 4.74 Å². The van der Waals surface area contributed by atoms with Gasteiger partial charge in [-0.15, -0.1) is 0 Å². The number of nitrogens with one attached hydrogen (secondary N) is 1. The number of hydrogen-bond acceptors (Lipinski definition) is 3. The number of amides is 2. The Morgan fingerprint density at radius 2 is 1.80 bits per heavy atom. The highest BCUT2D eigenvalue weighted by Gasteiger charge is 2.16. The van der Waals surface area contributed by atoms with Crippen LogP contribution in [0.25, 0.3) is 0 Å². The summed E-state index contributed by atoms with van der Waals surface area (Å²) in [6, 6.07) is 13.3. The molecule has 25 heavy (non-hydrogen) atoms. The molecule has 0 saturated heterocycles. The molecule has 2 aromatic carbocycles. The standard InChI is InChI=1S/C19H21FN2O3/c1-14(23)22(17-9-5-6-10-18(17)25-2)12-11-21-19(24)13-15-7-3-4-8-16(15)20/h3-10H,11-13H2,1-2H3,(H,21,24). The predicted molar refractivity (Wildman–Crippen MR) is 94.1 cm³/mol. The van der Waals surface area contributed by atoms with Crippen molar-refractivity contribution in [1.29, 1.82) is 0 Å². The molecule has 0 aliphatic heterocycles. The van der Waals surface area contributed by atoms with E-state index in [-0.39, 0.29) is 24.8 Å². The minimum atomic E-state index is -0.406. The van der Waals surface area contributed by atoms with Crippen molar-refractivity contribution in [3.8, 4) is 5.75 Å². The van der Waals surface area contributed by atoms with Gasteiger partial charge in [-0.3, -0.25) is 9.59 Å². The van der Waals surface area contributed by atoms with E-state index >= 15 is 0 Å². The van der Waals surface area contributed by atoms with Crippen molar-refractivity contribution in [1.82, 2.24) is 5.32 Å². The van der Waals surface area contributed by atoms with Gasteiger partial charge in [0.05, 0.1) is 19.2 Å². The lowest BCUT2D eigenvalue weighted by atomic mass is 10.1. The average Bonchev–Trinajstić information content (AvgIpc) is 2.60. The highest BCUT2D eigenvalue weighted by atomic mass is 19.1. The largest absolute Gasteiger partial charge is 0.495 e. The van der Waals surface area contributed by atoms with Crippen LogP contribution in [0.2, 0.25) is 0 Å². The fraction of sp³-hybridized carbons (Fsp3) is 0.263. The number of carbonyl (C=O) groups is 2. The van der Waals surface area contributed by atoms with E-state index in [1.807, 2.05) is 12.1 Å². The fourth-order valence-electron chi connectivity index (χ4n) is 2.48. The molecule has 2 aromatic rings. The number of carbonyl (C=O) groups excluding carboxylic acids is 2. The third-order valence-corrected chi connectivity index (χ3v) is 3.72. The monoisotopic (exact) mass is 344 g/mol. The van der Waals surface area contributed by atoms with Gasteiger partial charge in [0, 0.05) is 20.0 Å². The van der Waals surface area contributed by atoms with Crippen LogP contribution >= 0.6 is 0 Å². The first-order valence-electron chi connectivity index (χ1n) is 7.94. The summed E-state index contributed by atoms with van der Waals surface area (Å²) in [6.07, 6.45) is -0.0403. The molecule has 6 heteroatoms. The highest BCUT2D eigenvalue weighted by molar-refractivity contribution is 5.93. The zero-order valence-electron chi connectivity index (χ0n) is 14.3. The van der Waals surface area contributed by atoms with Gasteiger partial charge in [-0.05, 0) is 23.8 Å². The van der Waals surface area contributed by atoms with Crippen LogP contribution in [0, 0.1) is 5.82 Å². The number of rotatable bonds is 7. The van der Waals surface area contributed by atoms with Gasteiger partial charge in [0.15, 0.2) is 0 Å². The quantitative estimate of drug-likeness (QED) is 0.840. The molecule has 0 fully saturated rings. The second-order valence-electron chi connectivity index (χ2n) is 5.46. The number of methoxy groups -OCH3 is 1. The maximum atomic E-state index is 13.6. The van der Waals surface area contributed by atoms with Gasteiger partial charge < -0.3 is 15.0 Å². The van der Waals surface area contributed by atoms with E-state index in [0.29, 0.717) is 23.5 Å². The second-order valence-corrected chi connectivity index (χ2v) is 5.46. The number of hydrogen-bond donors (Lipinski definition) is 1. The van der Waals surface area contributed by atoms with Crippen LogP contribution in [0.1, 0.15) is 12.5 Å². The van der Waals surface area contributed by atoms with Gasteiger partial charge in [0.25, 0.3) is 0 Å². The zero-order valence-corrected chi connectivity index (χ0v) is 14.3. The molecule has 132 valence electrons. The van der Waals surface area contributed by atoms with Crippen LogP contribution in [-0.2, 0) is 16.0 Å². The number of anilines is 1. The summed E-state index contributed by atoms with van der Waals surface area (Å²) in [5, 5.41) is 2.71. The average molecular weight is 344 g/mol. The second kappa shape index (κ2) is 8.82. The van der Waals surface area contributed by atoms with Crippen LogP contribution < -0.4 is 15.0 Å². The Kier molecular flexibility index (Phi) is 6.51. The molecule has 0 radical (unpaired) electrons. The molecule has 0 aromatic heterocycles. The predicted octanol–water partition coefficient (Wildman–Crippen LogP) is 2.55. The van der Waals surface area contributed by atoms with E-state index in [0.717, 1.165) is 0 Å². The van der Waals surface area contributed by atoms with Gasteiger partial charge in [-0.1, -0.05) is 30.3 Å². The Labute approximate surface area is 146 Å². The lowest BCUT2D eigenvalue weighted by molar-refractivity contribution is -0.121. The molecule has 0 heterocycles. The maximum absolute atomic E-state index is 13.6. The van der Waals surface area contributed by atoms with Crippen molar-refractivity contribution >= 4 is 17.5 Å². The van der Waals surface area contributed by atoms with Crippen LogP contribution in [0.15, 0.2) is 48.5 Å². The first-order chi connectivity index (χ1) is 12.0. The summed E-state index contributed by atoms with van der Waals surface area (Å²) >= 11 is 0. The van der Waals surface area contributed by atoms with Gasteiger partial charge in [0.2, 0.25) is 11.8 Å². The number of para-hydroxylation sites is 2. The molecule has 0 aliphatic rings. The summed E-state index contributed by atoms with van der Waals surface area (Å²) in [5.74, 6) is -0.283. The SMILES string of the molecule is COc1ccccc1N(CCNC(=O)Cc1ccccc1F)C(C)=O. The first-order valence-corrected chi connectivity index (χ1v) is 7.94. The minimum Gasteiger partial charge on any atom is -0.495 e. The number of benzene rings is 2. The molecule has 0 unspecified atom stereocenters. The van der Waals surface area contributed by atoms with Gasteiger partial charge in [0.1, 0.15) is 11.6 Å². The summed E-state index contributed by atoms with van der Waals surface area (Å²) < 4.78 is 18.8. The van der Waals surface area contributed by atoms with E-state index < -0.39 is 5.82 Å². The van der Waals surface area contributed by atoms with Crippen LogP contribution in [0.3, 0.4) is 0 Å². The molecule has 1 N–H and O–H groups in total. The lowest BCUT2D eigenvalue weighted by Crippen LogP contribution is -2.38. The van der Waals surface area contributed by atoms with Crippen LogP contribution in [0.5, 0.6) is 5.75 Å². The Hall–Kier alpha value is -2.89. The molecule has 2 amide bonds. The highest BCUT2D eigenvalue weighted by Crippen LogP contribution is 2.27. The normalized spacial score (nSPS) is 10.2. The lowest BCUT2D eigenvalue weighted by Gasteiger charge is -2.23. The molecular weight excluding hydrogens is 323 g/mol. The topological polar surface area (TPSA) is 58.6 Å². The minimum absolute atomic E-state index is 0.0403. The van der Waals surface area contributed by atoms with E-state index in [9.17, 15) is 14.0 Å². The van der Waals surface area contributed by atoms with Gasteiger partial charge in [-0.25, -0.2) is 4.39 Å². The Morgan fingerprint density at radius 1 is 1.12 bits per heavy atom. The Bertz CT molecular complexity index is 749. The van der Waals surface area contributed by atoms with E-state index in [1.165, 1.54) is 25.0 Å². The van der Waals surface area contributed by atoms with E-state index in [1.54, 1.807) is 30.3 Å². The van der Waals surface area contributed by atoms with Crippen molar-refractivity contribution in [2.45, 2.75) is 13.3 Å². The molecule has 2 rings (SSSR count). The number of nitrogens with zero attached hydrogens (tertiary/aromatic N) is 1. The molecule has 0 spiro atoms. The molecule has 0 atom stereocenters. The Morgan fingerprint density at radius 3 is 2.48 bits per heavy atom. The number of ether oxygens (including phenoxy) is 1. The van der Waals surface area contributed by atoms with Crippen molar-refractivity contribution in [2.24, 2.45) is 0 Å². The summed E-state index contributed by atoms with van der Waals surface area (Å²) in [6.45, 7) is 2.00. The Balaban J connectivity index is 1.95. The molecule has 0 saturated carbocycles. The first kappa shape index (κ1) is 18.4. The molecule has 0 aliphatic carbocycles. The fourth-order valence-corrected chi connectivity index (χ4v) is 2.48. The zero-order chi connectivity index (χ0) is 18.2.